The number of primary amides is 1. The van der Waals surface area contributed by atoms with Crippen LogP contribution in [0, 0.1) is 0 Å². The van der Waals surface area contributed by atoms with Crippen LogP contribution in [0.3, 0.4) is 0 Å². The molecule has 0 aromatic heterocycles. The summed E-state index contributed by atoms with van der Waals surface area (Å²) in [7, 11) is -3.93. The molecule has 2 unspecified atom stereocenters. The van der Waals surface area contributed by atoms with Crippen molar-refractivity contribution in [2.24, 2.45) is 5.73 Å². The molecule has 0 radical (unpaired) electrons. The lowest BCUT2D eigenvalue weighted by Gasteiger charge is -2.34. The largest absolute Gasteiger partial charge is 0.484 e. The zero-order chi connectivity index (χ0) is 23.5. The molecule has 2 amide bonds. The van der Waals surface area contributed by atoms with Crippen LogP contribution < -0.4 is 15.8 Å². The van der Waals surface area contributed by atoms with Crippen molar-refractivity contribution >= 4 is 39.1 Å². The Balaban J connectivity index is 1.81. The lowest BCUT2D eigenvalue weighted by molar-refractivity contribution is -0.119. The molecule has 0 spiro atoms. The van der Waals surface area contributed by atoms with Crippen LogP contribution in [0.15, 0.2) is 47.4 Å². The Labute approximate surface area is 191 Å². The second kappa shape index (κ2) is 9.86. The maximum absolute atomic E-state index is 13.2. The summed E-state index contributed by atoms with van der Waals surface area (Å²) >= 11 is 6.20. The number of hydrogen-bond acceptors (Lipinski definition) is 6. The summed E-state index contributed by atoms with van der Waals surface area (Å²) in [5.74, 6) is -0.816. The predicted octanol–water partition coefficient (Wildman–Crippen LogP) is 2.25. The molecule has 0 saturated carbocycles. The van der Waals surface area contributed by atoms with Crippen molar-refractivity contribution < 1.29 is 27.5 Å². The first-order valence-electron chi connectivity index (χ1n) is 9.84. The van der Waals surface area contributed by atoms with Gasteiger partial charge in [0.25, 0.3) is 11.8 Å². The smallest absolute Gasteiger partial charge is 0.255 e. The number of sulfonamides is 1. The van der Waals surface area contributed by atoms with Crippen LogP contribution in [0.1, 0.15) is 24.2 Å². The van der Waals surface area contributed by atoms with Crippen LogP contribution >= 0.6 is 11.6 Å². The maximum Gasteiger partial charge on any atom is 0.255 e. The highest BCUT2D eigenvalue weighted by Gasteiger charge is 2.33. The highest BCUT2D eigenvalue weighted by molar-refractivity contribution is 7.89. The molecule has 0 bridgehead atoms. The van der Waals surface area contributed by atoms with Gasteiger partial charge < -0.3 is 20.5 Å². The van der Waals surface area contributed by atoms with E-state index in [1.165, 1.54) is 28.6 Å². The monoisotopic (exact) mass is 481 g/mol. The van der Waals surface area contributed by atoms with Gasteiger partial charge in [-0.2, -0.15) is 4.31 Å². The van der Waals surface area contributed by atoms with Crippen molar-refractivity contribution in [1.82, 2.24) is 4.31 Å². The second-order valence-corrected chi connectivity index (χ2v) is 9.78. The van der Waals surface area contributed by atoms with E-state index < -0.39 is 21.8 Å². The zero-order valence-corrected chi connectivity index (χ0v) is 19.2. The van der Waals surface area contributed by atoms with Gasteiger partial charge in [-0.15, -0.1) is 0 Å². The Hall–Kier alpha value is -2.66. The zero-order valence-electron chi connectivity index (χ0n) is 17.6. The van der Waals surface area contributed by atoms with Crippen LogP contribution in [0.4, 0.5) is 5.69 Å². The van der Waals surface area contributed by atoms with Gasteiger partial charge in [0.1, 0.15) is 10.6 Å². The summed E-state index contributed by atoms with van der Waals surface area (Å²) in [4.78, 5) is 23.5. The summed E-state index contributed by atoms with van der Waals surface area (Å²) in [6, 6.07) is 10.5. The molecule has 1 aliphatic rings. The molecular weight excluding hydrogens is 458 g/mol. The Morgan fingerprint density at radius 1 is 1.19 bits per heavy atom. The number of amides is 2. The third-order valence-corrected chi connectivity index (χ3v) is 6.98. The third-order valence-electron chi connectivity index (χ3n) is 4.67. The van der Waals surface area contributed by atoms with Gasteiger partial charge in [-0.1, -0.05) is 17.7 Å². The van der Waals surface area contributed by atoms with Crippen LogP contribution in [0.5, 0.6) is 5.75 Å². The Morgan fingerprint density at radius 2 is 1.88 bits per heavy atom. The van der Waals surface area contributed by atoms with Gasteiger partial charge in [0.15, 0.2) is 6.61 Å². The van der Waals surface area contributed by atoms with Crippen LogP contribution in [-0.2, 0) is 19.6 Å². The molecule has 2 aromatic rings. The molecule has 2 aromatic carbocycles. The summed E-state index contributed by atoms with van der Waals surface area (Å²) in [5, 5.41) is 2.69. The number of carbonyl (C=O) groups is 2. The Bertz CT molecular complexity index is 1110. The fraction of sp³-hybridized carbons (Fsp3) is 0.333. The number of rotatable bonds is 7. The first kappa shape index (κ1) is 24.0. The van der Waals surface area contributed by atoms with E-state index in [0.29, 0.717) is 11.4 Å². The Morgan fingerprint density at radius 3 is 2.53 bits per heavy atom. The topological polar surface area (TPSA) is 128 Å². The van der Waals surface area contributed by atoms with E-state index in [1.807, 2.05) is 0 Å². The minimum absolute atomic E-state index is 0.0233. The SMILES string of the molecule is CC1CN(S(=O)(=O)c2cc(C(=O)Nc3cccc(OCC(N)=O)c3)ccc2Cl)CC(C)O1. The van der Waals surface area contributed by atoms with Gasteiger partial charge in [-0.25, -0.2) is 8.42 Å². The number of hydrogen-bond donors (Lipinski definition) is 2. The minimum Gasteiger partial charge on any atom is -0.484 e. The van der Waals surface area contributed by atoms with Crippen LogP contribution in [0.25, 0.3) is 0 Å². The molecule has 1 fully saturated rings. The van der Waals surface area contributed by atoms with E-state index in [-0.39, 0.29) is 47.4 Å². The van der Waals surface area contributed by atoms with Gasteiger partial charge in [-0.05, 0) is 44.2 Å². The lowest BCUT2D eigenvalue weighted by atomic mass is 10.2. The van der Waals surface area contributed by atoms with Gasteiger partial charge in [0, 0.05) is 30.4 Å². The fourth-order valence-corrected chi connectivity index (χ4v) is 5.42. The molecule has 32 heavy (non-hydrogen) atoms. The van der Waals surface area contributed by atoms with Crippen molar-refractivity contribution in [3.63, 3.8) is 0 Å². The molecule has 3 rings (SSSR count). The number of nitrogens with zero attached hydrogens (tertiary/aromatic N) is 1. The lowest BCUT2D eigenvalue weighted by Crippen LogP contribution is -2.48. The summed E-state index contributed by atoms with van der Waals surface area (Å²) in [6.07, 6.45) is -0.523. The molecule has 1 heterocycles. The average Bonchev–Trinajstić information content (AvgIpc) is 2.72. The number of halogens is 1. The Kier molecular flexibility index (Phi) is 7.40. The summed E-state index contributed by atoms with van der Waals surface area (Å²) in [5.41, 5.74) is 5.57. The van der Waals surface area contributed by atoms with Gasteiger partial charge in [0.2, 0.25) is 10.0 Å². The van der Waals surface area contributed by atoms with Crippen LogP contribution in [0.2, 0.25) is 5.02 Å². The normalized spacial score (nSPS) is 19.3. The van der Waals surface area contributed by atoms with Gasteiger partial charge >= 0.3 is 0 Å². The molecule has 172 valence electrons. The fourth-order valence-electron chi connectivity index (χ4n) is 3.33. The van der Waals surface area contributed by atoms with E-state index in [0.717, 1.165) is 0 Å². The first-order chi connectivity index (χ1) is 15.1. The number of ether oxygens (including phenoxy) is 2. The molecule has 0 aliphatic carbocycles. The molecule has 3 N–H and O–H groups in total. The van der Waals surface area contributed by atoms with Crippen molar-refractivity contribution in [2.45, 2.75) is 31.0 Å². The summed E-state index contributed by atoms with van der Waals surface area (Å²) < 4.78 is 38.5. The molecule has 11 heteroatoms. The van der Waals surface area contributed by atoms with E-state index in [9.17, 15) is 18.0 Å². The minimum atomic E-state index is -3.93. The van der Waals surface area contributed by atoms with Crippen molar-refractivity contribution in [3.05, 3.63) is 53.1 Å². The standard InChI is InChI=1S/C21H24ClN3O6S/c1-13-10-25(11-14(2)31-13)32(28,29)19-8-15(6-7-18(19)22)21(27)24-16-4-3-5-17(9-16)30-12-20(23)26/h3-9,13-14H,10-12H2,1-2H3,(H2,23,26)(H,24,27). The van der Waals surface area contributed by atoms with E-state index in [2.05, 4.69) is 5.32 Å². The quantitative estimate of drug-likeness (QED) is 0.624. The number of nitrogens with one attached hydrogen (secondary N) is 1. The molecule has 9 nitrogen and oxygen atoms in total. The van der Waals surface area contributed by atoms with E-state index in [1.54, 1.807) is 32.0 Å². The predicted molar refractivity (Wildman–Crippen MR) is 119 cm³/mol. The van der Waals surface area contributed by atoms with Crippen molar-refractivity contribution in [1.29, 1.82) is 0 Å². The van der Waals surface area contributed by atoms with E-state index in [4.69, 9.17) is 26.8 Å². The molecule has 2 atom stereocenters. The molecular formula is C21H24ClN3O6S. The number of morpholine rings is 1. The third kappa shape index (κ3) is 5.77. The van der Waals surface area contributed by atoms with Gasteiger partial charge in [0.05, 0.1) is 17.2 Å². The highest BCUT2D eigenvalue weighted by atomic mass is 35.5. The number of benzene rings is 2. The highest BCUT2D eigenvalue weighted by Crippen LogP contribution is 2.28. The number of anilines is 1. The van der Waals surface area contributed by atoms with Crippen molar-refractivity contribution in [2.75, 3.05) is 25.0 Å². The number of carbonyl (C=O) groups excluding carboxylic acids is 2. The van der Waals surface area contributed by atoms with Crippen LogP contribution in [-0.4, -0.2) is 56.4 Å². The number of nitrogens with two attached hydrogens (primary N) is 1. The first-order valence-corrected chi connectivity index (χ1v) is 11.7. The average molecular weight is 482 g/mol. The summed E-state index contributed by atoms with van der Waals surface area (Å²) in [6.45, 7) is 3.68. The maximum atomic E-state index is 13.2. The van der Waals surface area contributed by atoms with E-state index >= 15 is 0 Å². The van der Waals surface area contributed by atoms with Crippen molar-refractivity contribution in [3.8, 4) is 5.75 Å². The molecule has 1 aliphatic heterocycles. The second-order valence-electron chi connectivity index (χ2n) is 7.46. The molecule has 1 saturated heterocycles. The van der Waals surface area contributed by atoms with Gasteiger partial charge in [-0.3, -0.25) is 9.59 Å².